The molecule has 9 nitrogen and oxygen atoms in total. The number of hydrogen-bond acceptors (Lipinski definition) is 8. The standard InChI is InChI=1S/C50H59N3O6SSi/c1-10-57-61(58-11-2,59-12-3)29-19-28-51-47(55)56-33-34-24-26-35(27-25-34)41-30-38-45(60-41)50(31-39(48(4,5)6)44(54)40(32-50)49(7,8)9)53-43(37-22-17-14-18-23-37)42(52-46(38)53)36-20-15-13-16-21-36/h13-18,20-27,30-32H,10-12,19,28-29,33H2,1-9H3,(H,51,55). The molecule has 11 heteroatoms. The molecule has 7 rings (SSSR count). The lowest BCUT2D eigenvalue weighted by molar-refractivity contribution is -0.114. The van der Waals surface area contributed by atoms with Gasteiger partial charge in [0.2, 0.25) is 0 Å². The normalized spacial score (nSPS) is 14.7. The van der Waals surface area contributed by atoms with E-state index in [9.17, 15) is 9.59 Å². The summed E-state index contributed by atoms with van der Waals surface area (Å²) in [6.45, 7) is 20.7. The van der Waals surface area contributed by atoms with Crippen LogP contribution in [0.25, 0.3) is 44.3 Å². The summed E-state index contributed by atoms with van der Waals surface area (Å²) in [5.41, 5.74) is 6.95. The lowest BCUT2D eigenvalue weighted by Crippen LogP contribution is -2.46. The molecular formula is C50H59N3O6SSi. The third-order valence-electron chi connectivity index (χ3n) is 11.1. The van der Waals surface area contributed by atoms with Gasteiger partial charge in [-0.15, -0.1) is 11.3 Å². The highest BCUT2D eigenvalue weighted by molar-refractivity contribution is 7.16. The summed E-state index contributed by atoms with van der Waals surface area (Å²) < 4.78 is 25.8. The van der Waals surface area contributed by atoms with Gasteiger partial charge in [-0.1, -0.05) is 126 Å². The Morgan fingerprint density at radius 2 is 1.33 bits per heavy atom. The molecule has 2 aromatic heterocycles. The first-order chi connectivity index (χ1) is 29.1. The zero-order valence-electron chi connectivity index (χ0n) is 37.0. The van der Waals surface area contributed by atoms with Crippen molar-refractivity contribution in [2.24, 2.45) is 10.8 Å². The average molecular weight is 858 g/mol. The smallest absolute Gasteiger partial charge is 0.445 e. The fourth-order valence-electron chi connectivity index (χ4n) is 8.31. The molecule has 0 bridgehead atoms. The summed E-state index contributed by atoms with van der Waals surface area (Å²) >= 11 is 1.74. The van der Waals surface area contributed by atoms with Crippen molar-refractivity contribution in [2.75, 3.05) is 26.4 Å². The third-order valence-corrected chi connectivity index (χ3v) is 15.6. The van der Waals surface area contributed by atoms with E-state index in [-0.39, 0.29) is 12.4 Å². The second-order valence-corrected chi connectivity index (χ2v) is 21.4. The summed E-state index contributed by atoms with van der Waals surface area (Å²) in [7, 11) is -2.77. The van der Waals surface area contributed by atoms with Crippen LogP contribution in [0.15, 0.2) is 114 Å². The maximum atomic E-state index is 14.5. The van der Waals surface area contributed by atoms with Crippen molar-refractivity contribution < 1.29 is 27.6 Å². The van der Waals surface area contributed by atoms with Crippen molar-refractivity contribution in [2.45, 2.75) is 86.9 Å². The Hall–Kier alpha value is -4.91. The van der Waals surface area contributed by atoms with Crippen molar-refractivity contribution in [3.05, 3.63) is 125 Å². The number of hydrogen-bond donors (Lipinski definition) is 1. The lowest BCUT2D eigenvalue weighted by Gasteiger charge is -2.39. The summed E-state index contributed by atoms with van der Waals surface area (Å²) in [5.74, 6) is 0.971. The van der Waals surface area contributed by atoms with E-state index >= 15 is 0 Å². The number of benzene rings is 3. The fraction of sp³-hybridized carbons (Fsp3) is 0.380. The zero-order chi connectivity index (χ0) is 43.6. The van der Waals surface area contributed by atoms with E-state index in [2.05, 4.69) is 130 Å². The van der Waals surface area contributed by atoms with Crippen molar-refractivity contribution in [1.29, 1.82) is 0 Å². The first-order valence-electron chi connectivity index (χ1n) is 21.5. The number of nitrogens with one attached hydrogen (secondary N) is 1. The Morgan fingerprint density at radius 3 is 1.87 bits per heavy atom. The highest BCUT2D eigenvalue weighted by Crippen LogP contribution is 2.58. The van der Waals surface area contributed by atoms with Gasteiger partial charge in [-0.3, -0.25) is 4.79 Å². The van der Waals surface area contributed by atoms with Crippen LogP contribution in [0.1, 0.15) is 79.2 Å². The molecule has 2 aliphatic rings. The van der Waals surface area contributed by atoms with E-state index in [1.165, 1.54) is 0 Å². The van der Waals surface area contributed by atoms with Crippen LogP contribution in [0.2, 0.25) is 6.04 Å². The van der Waals surface area contributed by atoms with Crippen LogP contribution in [0, 0.1) is 10.8 Å². The molecule has 0 radical (unpaired) electrons. The Bertz CT molecular complexity index is 2370. The summed E-state index contributed by atoms with van der Waals surface area (Å²) in [6.07, 6.45) is 4.63. The van der Waals surface area contributed by atoms with E-state index in [1.807, 2.05) is 45.0 Å². The van der Waals surface area contributed by atoms with E-state index in [4.69, 9.17) is 23.0 Å². The quantitative estimate of drug-likeness (QED) is 0.0826. The van der Waals surface area contributed by atoms with Crippen molar-refractivity contribution in [1.82, 2.24) is 14.9 Å². The molecule has 0 saturated heterocycles. The Morgan fingerprint density at radius 1 is 0.770 bits per heavy atom. The first kappa shape index (κ1) is 44.2. The number of ketones is 1. The molecule has 3 heterocycles. The molecular weight excluding hydrogens is 799 g/mol. The van der Waals surface area contributed by atoms with Gasteiger partial charge in [-0.25, -0.2) is 9.78 Å². The second-order valence-electron chi connectivity index (χ2n) is 17.6. The largest absolute Gasteiger partial charge is 0.500 e. The zero-order valence-corrected chi connectivity index (χ0v) is 38.8. The molecule has 320 valence electrons. The first-order valence-corrected chi connectivity index (χ1v) is 24.2. The van der Waals surface area contributed by atoms with Crippen molar-refractivity contribution in [3.63, 3.8) is 0 Å². The minimum absolute atomic E-state index is 0.0990. The maximum Gasteiger partial charge on any atom is 0.500 e. The number of carbonyl (C=O) groups is 2. The van der Waals surface area contributed by atoms with Crippen molar-refractivity contribution >= 4 is 32.0 Å². The third kappa shape index (κ3) is 8.90. The monoisotopic (exact) mass is 857 g/mol. The second kappa shape index (κ2) is 17.8. The van der Waals surface area contributed by atoms with Crippen LogP contribution in [0.4, 0.5) is 4.79 Å². The van der Waals surface area contributed by atoms with Gasteiger partial charge < -0.3 is 27.9 Å². The van der Waals surface area contributed by atoms with Gasteiger partial charge in [0.25, 0.3) is 0 Å². The summed E-state index contributed by atoms with van der Waals surface area (Å²) in [6, 6.07) is 31.9. The van der Waals surface area contributed by atoms with Crippen LogP contribution in [-0.2, 0) is 35.0 Å². The molecule has 0 atom stereocenters. The molecule has 61 heavy (non-hydrogen) atoms. The summed E-state index contributed by atoms with van der Waals surface area (Å²) in [4.78, 5) is 34.9. The van der Waals surface area contributed by atoms with Gasteiger partial charge in [-0.2, -0.15) is 0 Å². The van der Waals surface area contributed by atoms with Gasteiger partial charge in [0.15, 0.2) is 5.78 Å². The minimum atomic E-state index is -2.77. The number of rotatable bonds is 15. The number of imidazole rings is 1. The van der Waals surface area contributed by atoms with Crippen LogP contribution >= 0.6 is 11.3 Å². The molecule has 1 N–H and O–H groups in total. The number of ether oxygens (including phenoxy) is 1. The van der Waals surface area contributed by atoms with E-state index in [0.717, 1.165) is 65.9 Å². The number of nitrogens with zero attached hydrogens (tertiary/aromatic N) is 2. The highest BCUT2D eigenvalue weighted by Gasteiger charge is 2.51. The van der Waals surface area contributed by atoms with Crippen molar-refractivity contribution in [3.8, 4) is 44.3 Å². The van der Waals surface area contributed by atoms with Gasteiger partial charge in [-0.05, 0) is 67.4 Å². The Labute approximate surface area is 366 Å². The molecule has 1 amide bonds. The number of alkyl carbamates (subject to hydrolysis) is 1. The molecule has 1 spiro atoms. The Kier molecular flexibility index (Phi) is 12.9. The molecule has 3 aromatic carbocycles. The molecule has 0 fully saturated rings. The molecule has 5 aromatic rings. The van der Waals surface area contributed by atoms with Gasteiger partial charge in [0, 0.05) is 65.1 Å². The number of fused-ring (bicyclic) bond motifs is 5. The fourth-order valence-corrected chi connectivity index (χ4v) is 12.2. The van der Waals surface area contributed by atoms with E-state index in [1.54, 1.807) is 11.3 Å². The van der Waals surface area contributed by atoms with E-state index in [0.29, 0.717) is 38.8 Å². The SMILES string of the molecule is CCO[Si](CCCNC(=O)OCc1ccc(-c2cc3c(s2)C2(C=C(C(C)(C)C)C(=O)C(C(C)(C)C)=C2)n2c-3nc(-c3ccccc3)c2-c2ccccc2)cc1)(OCC)OCC. The summed E-state index contributed by atoms with van der Waals surface area (Å²) in [5, 5.41) is 2.86. The molecule has 0 saturated carbocycles. The number of allylic oxidation sites excluding steroid dienone is 4. The number of Topliss-reactive ketones (excluding diaryl/α,β-unsaturated/α-hetero) is 1. The van der Waals surface area contributed by atoms with Gasteiger partial charge in [0.05, 0.1) is 16.3 Å². The van der Waals surface area contributed by atoms with Crippen LogP contribution < -0.4 is 5.32 Å². The predicted molar refractivity (Wildman–Crippen MR) is 247 cm³/mol. The maximum absolute atomic E-state index is 14.5. The average Bonchev–Trinajstić information content (AvgIpc) is 3.91. The molecule has 1 aliphatic heterocycles. The van der Waals surface area contributed by atoms with E-state index < -0.39 is 31.3 Å². The predicted octanol–water partition coefficient (Wildman–Crippen LogP) is 11.9. The molecule has 0 unspecified atom stereocenters. The minimum Gasteiger partial charge on any atom is -0.445 e. The van der Waals surface area contributed by atoms with Crippen LogP contribution in [0.3, 0.4) is 0 Å². The molecule has 1 aliphatic carbocycles. The Balaban J connectivity index is 1.22. The van der Waals surface area contributed by atoms with Crippen LogP contribution in [-0.4, -0.2) is 56.6 Å². The van der Waals surface area contributed by atoms with Gasteiger partial charge in [0.1, 0.15) is 18.0 Å². The highest BCUT2D eigenvalue weighted by atomic mass is 32.1. The van der Waals surface area contributed by atoms with Gasteiger partial charge >= 0.3 is 14.9 Å². The number of carbonyl (C=O) groups excluding carboxylic acids is 2. The number of aromatic nitrogens is 2. The van der Waals surface area contributed by atoms with Crippen LogP contribution in [0.5, 0.6) is 0 Å². The lowest BCUT2D eigenvalue weighted by atomic mass is 9.68. The topological polar surface area (TPSA) is 101 Å². The number of amides is 1. The number of thiophene rings is 1.